The molecule has 3 rings (SSSR count). The monoisotopic (exact) mass is 400 g/mol. The van der Waals surface area contributed by atoms with E-state index < -0.39 is 28.2 Å². The van der Waals surface area contributed by atoms with Crippen molar-refractivity contribution in [3.63, 3.8) is 0 Å². The zero-order valence-corrected chi connectivity index (χ0v) is 14.9. The molecular formula is C15H20ClF3N2O3S. The summed E-state index contributed by atoms with van der Waals surface area (Å²) >= 11 is 0. The predicted octanol–water partition coefficient (Wildman–Crippen LogP) is 2.60. The summed E-state index contributed by atoms with van der Waals surface area (Å²) in [6, 6.07) is 2.68. The highest BCUT2D eigenvalue weighted by Crippen LogP contribution is 2.38. The number of ether oxygens (including phenoxy) is 1. The van der Waals surface area contributed by atoms with Crippen LogP contribution in [0.5, 0.6) is 5.75 Å². The average molecular weight is 401 g/mol. The number of alkyl halides is 2. The van der Waals surface area contributed by atoms with Crippen molar-refractivity contribution < 1.29 is 26.3 Å². The molecule has 0 spiro atoms. The zero-order chi connectivity index (χ0) is 17.5. The fourth-order valence-corrected chi connectivity index (χ4v) is 5.20. The molecule has 1 aliphatic carbocycles. The van der Waals surface area contributed by atoms with Crippen molar-refractivity contribution in [2.75, 3.05) is 13.1 Å². The molecule has 1 saturated carbocycles. The molecule has 142 valence electrons. The van der Waals surface area contributed by atoms with Crippen LogP contribution >= 0.6 is 12.4 Å². The SMILES string of the molecule is Cl.NC1CCCC2CN(S(=O)(=O)c3ccc(OC(F)F)c(F)c3)CC12. The Bertz CT molecular complexity index is 720. The number of nitrogens with zero attached hydrogens (tertiary/aromatic N) is 1. The highest BCUT2D eigenvalue weighted by Gasteiger charge is 2.43. The van der Waals surface area contributed by atoms with Crippen LogP contribution in [0.25, 0.3) is 0 Å². The second kappa shape index (κ2) is 7.69. The van der Waals surface area contributed by atoms with Gasteiger partial charge in [-0.1, -0.05) is 6.42 Å². The van der Waals surface area contributed by atoms with Crippen molar-refractivity contribution in [2.45, 2.75) is 36.8 Å². The Morgan fingerprint density at radius 2 is 1.96 bits per heavy atom. The van der Waals surface area contributed by atoms with Crippen LogP contribution in [0.4, 0.5) is 13.2 Å². The molecule has 3 atom stereocenters. The molecule has 10 heteroatoms. The van der Waals surface area contributed by atoms with E-state index in [4.69, 9.17) is 5.73 Å². The van der Waals surface area contributed by atoms with E-state index in [1.165, 1.54) is 4.31 Å². The van der Waals surface area contributed by atoms with Crippen molar-refractivity contribution in [1.82, 2.24) is 4.31 Å². The Morgan fingerprint density at radius 3 is 2.56 bits per heavy atom. The second-order valence-electron chi connectivity index (χ2n) is 6.31. The molecule has 1 aromatic rings. The van der Waals surface area contributed by atoms with Crippen LogP contribution in [0, 0.1) is 17.7 Å². The summed E-state index contributed by atoms with van der Waals surface area (Å²) in [5, 5.41) is 0. The lowest BCUT2D eigenvalue weighted by Gasteiger charge is -2.29. The third-order valence-corrected chi connectivity index (χ3v) is 6.71. The molecule has 5 nitrogen and oxygen atoms in total. The van der Waals surface area contributed by atoms with Gasteiger partial charge < -0.3 is 10.5 Å². The van der Waals surface area contributed by atoms with Crippen molar-refractivity contribution >= 4 is 22.4 Å². The molecule has 2 fully saturated rings. The number of halogens is 4. The van der Waals surface area contributed by atoms with E-state index in [-0.39, 0.29) is 35.2 Å². The van der Waals surface area contributed by atoms with Gasteiger partial charge in [0.15, 0.2) is 11.6 Å². The Kier molecular flexibility index (Phi) is 6.24. The molecule has 1 heterocycles. The average Bonchev–Trinajstić information content (AvgIpc) is 2.95. The lowest BCUT2D eigenvalue weighted by atomic mass is 9.78. The van der Waals surface area contributed by atoms with Gasteiger partial charge in [0.1, 0.15) is 0 Å². The molecule has 3 unspecified atom stereocenters. The smallest absolute Gasteiger partial charge is 0.387 e. The maximum atomic E-state index is 13.8. The summed E-state index contributed by atoms with van der Waals surface area (Å²) in [4.78, 5) is -0.270. The Morgan fingerprint density at radius 1 is 1.24 bits per heavy atom. The Balaban J connectivity index is 0.00000225. The van der Waals surface area contributed by atoms with Crippen LogP contribution in [0.1, 0.15) is 19.3 Å². The van der Waals surface area contributed by atoms with Crippen LogP contribution in [-0.2, 0) is 10.0 Å². The first-order chi connectivity index (χ1) is 11.3. The molecule has 1 aromatic carbocycles. The number of benzene rings is 1. The standard InChI is InChI=1S/C15H19F3N2O3S.ClH/c16-12-6-10(4-5-14(12)23-15(17)18)24(21,22)20-7-9-2-1-3-13(19)11(9)8-20;/h4-6,9,11,13,15H,1-3,7-8,19H2;1H. The molecule has 2 N–H and O–H groups in total. The molecular weight excluding hydrogens is 381 g/mol. The Hall–Kier alpha value is -1.03. The third-order valence-electron chi connectivity index (χ3n) is 4.88. The molecule has 0 aromatic heterocycles. The summed E-state index contributed by atoms with van der Waals surface area (Å²) in [6.45, 7) is -2.51. The van der Waals surface area contributed by atoms with Gasteiger partial charge in [-0.25, -0.2) is 12.8 Å². The fraction of sp³-hybridized carbons (Fsp3) is 0.600. The van der Waals surface area contributed by atoms with E-state index in [0.29, 0.717) is 13.1 Å². The third kappa shape index (κ3) is 4.05. The minimum atomic E-state index is -3.89. The van der Waals surface area contributed by atoms with Crippen molar-refractivity contribution in [3.05, 3.63) is 24.0 Å². The quantitative estimate of drug-likeness (QED) is 0.843. The number of rotatable bonds is 4. The zero-order valence-electron chi connectivity index (χ0n) is 13.3. The van der Waals surface area contributed by atoms with E-state index in [1.54, 1.807) is 0 Å². The van der Waals surface area contributed by atoms with Gasteiger partial charge in [0.2, 0.25) is 10.0 Å². The van der Waals surface area contributed by atoms with Gasteiger partial charge in [-0.3, -0.25) is 0 Å². The van der Waals surface area contributed by atoms with Gasteiger partial charge >= 0.3 is 6.61 Å². The normalized spacial score (nSPS) is 27.0. The molecule has 0 bridgehead atoms. The van der Waals surface area contributed by atoms with Crippen LogP contribution in [-0.4, -0.2) is 38.5 Å². The van der Waals surface area contributed by atoms with Gasteiger partial charge in [0.25, 0.3) is 0 Å². The minimum Gasteiger partial charge on any atom is -0.432 e. The molecule has 25 heavy (non-hydrogen) atoms. The summed E-state index contributed by atoms with van der Waals surface area (Å²) in [7, 11) is -3.89. The lowest BCUT2D eigenvalue weighted by Crippen LogP contribution is -2.38. The van der Waals surface area contributed by atoms with Crippen LogP contribution < -0.4 is 10.5 Å². The summed E-state index contributed by atoms with van der Waals surface area (Å²) in [5.74, 6) is -1.49. The van der Waals surface area contributed by atoms with E-state index in [0.717, 1.165) is 37.5 Å². The maximum absolute atomic E-state index is 13.8. The largest absolute Gasteiger partial charge is 0.432 e. The number of hydrogen-bond donors (Lipinski definition) is 1. The first kappa shape index (κ1) is 20.3. The highest BCUT2D eigenvalue weighted by atomic mass is 35.5. The van der Waals surface area contributed by atoms with Gasteiger partial charge in [-0.15, -0.1) is 12.4 Å². The van der Waals surface area contributed by atoms with Gasteiger partial charge in [-0.05, 0) is 42.9 Å². The minimum absolute atomic E-state index is 0. The van der Waals surface area contributed by atoms with Gasteiger partial charge in [0, 0.05) is 19.1 Å². The first-order valence-corrected chi connectivity index (χ1v) is 9.23. The van der Waals surface area contributed by atoms with Gasteiger partial charge in [-0.2, -0.15) is 13.1 Å². The number of nitrogens with two attached hydrogens (primary N) is 1. The topological polar surface area (TPSA) is 72.6 Å². The molecule has 2 aliphatic rings. The predicted molar refractivity (Wildman–Crippen MR) is 87.8 cm³/mol. The van der Waals surface area contributed by atoms with Crippen molar-refractivity contribution in [3.8, 4) is 5.75 Å². The molecule has 0 amide bonds. The molecule has 1 saturated heterocycles. The first-order valence-electron chi connectivity index (χ1n) is 7.79. The fourth-order valence-electron chi connectivity index (χ4n) is 3.65. The van der Waals surface area contributed by atoms with Crippen LogP contribution in [0.15, 0.2) is 23.1 Å². The van der Waals surface area contributed by atoms with Crippen molar-refractivity contribution in [1.29, 1.82) is 0 Å². The van der Waals surface area contributed by atoms with Crippen molar-refractivity contribution in [2.24, 2.45) is 17.6 Å². The number of sulfonamides is 1. The maximum Gasteiger partial charge on any atom is 0.387 e. The van der Waals surface area contributed by atoms with E-state index >= 15 is 0 Å². The highest BCUT2D eigenvalue weighted by molar-refractivity contribution is 7.89. The molecule has 0 radical (unpaired) electrons. The summed E-state index contributed by atoms with van der Waals surface area (Å²) in [6.07, 6.45) is 2.79. The molecule has 1 aliphatic heterocycles. The van der Waals surface area contributed by atoms with Crippen LogP contribution in [0.3, 0.4) is 0 Å². The van der Waals surface area contributed by atoms with E-state index in [9.17, 15) is 21.6 Å². The van der Waals surface area contributed by atoms with Crippen LogP contribution in [0.2, 0.25) is 0 Å². The van der Waals surface area contributed by atoms with E-state index in [2.05, 4.69) is 4.74 Å². The lowest BCUT2D eigenvalue weighted by molar-refractivity contribution is -0.0522. The van der Waals surface area contributed by atoms with E-state index in [1.807, 2.05) is 0 Å². The number of fused-ring (bicyclic) bond motifs is 1. The summed E-state index contributed by atoms with van der Waals surface area (Å²) < 4.78 is 68.9. The number of hydrogen-bond acceptors (Lipinski definition) is 4. The Labute approximate surface area is 150 Å². The second-order valence-corrected chi connectivity index (χ2v) is 8.25. The summed E-state index contributed by atoms with van der Waals surface area (Å²) in [5.41, 5.74) is 6.09. The van der Waals surface area contributed by atoms with Gasteiger partial charge in [0.05, 0.1) is 4.90 Å².